The van der Waals surface area contributed by atoms with Gasteiger partial charge in [-0.3, -0.25) is 14.5 Å². The molecule has 1 heterocycles. The smallest absolute Gasteiger partial charge is 0.241 e. The molecule has 1 saturated heterocycles. The van der Waals surface area contributed by atoms with E-state index in [1.165, 1.54) is 4.90 Å². The first-order chi connectivity index (χ1) is 9.89. The van der Waals surface area contributed by atoms with Gasteiger partial charge in [-0.25, -0.2) is 0 Å². The van der Waals surface area contributed by atoms with Crippen molar-refractivity contribution in [3.8, 4) is 0 Å². The molecule has 5 nitrogen and oxygen atoms in total. The van der Waals surface area contributed by atoms with Gasteiger partial charge >= 0.3 is 0 Å². The molecule has 2 atom stereocenters. The molecule has 0 aromatic carbocycles. The number of hydrogen-bond donors (Lipinski definition) is 0. The van der Waals surface area contributed by atoms with Crippen LogP contribution in [0.3, 0.4) is 0 Å². The standard InChI is InChI=1S/C15H27NO4Si2/c1-16-14(17)10-8-12(19-21(2,3)4)13(20-22(5,6)7)9-11(10)15(16)18/h10-11H,8-9H2,1-7H3/t10-,11+. The van der Waals surface area contributed by atoms with E-state index in [0.29, 0.717) is 12.8 Å². The molecular formula is C15H27NO4Si2. The maximum absolute atomic E-state index is 12.3. The molecule has 2 amide bonds. The van der Waals surface area contributed by atoms with E-state index in [1.807, 2.05) is 0 Å². The highest BCUT2D eigenvalue weighted by atomic mass is 28.4. The Morgan fingerprint density at radius 2 is 1.14 bits per heavy atom. The number of fused-ring (bicyclic) bond motifs is 1. The van der Waals surface area contributed by atoms with Crippen molar-refractivity contribution in [1.82, 2.24) is 4.90 Å². The molecule has 22 heavy (non-hydrogen) atoms. The third-order valence-electron chi connectivity index (χ3n) is 3.76. The normalized spacial score (nSPS) is 26.4. The summed E-state index contributed by atoms with van der Waals surface area (Å²) in [4.78, 5) is 25.8. The molecule has 1 fully saturated rings. The van der Waals surface area contributed by atoms with Gasteiger partial charge in [-0.2, -0.15) is 0 Å². The van der Waals surface area contributed by atoms with Gasteiger partial charge in [0, 0.05) is 19.9 Å². The Morgan fingerprint density at radius 3 is 1.41 bits per heavy atom. The average Bonchev–Trinajstić information content (AvgIpc) is 2.52. The van der Waals surface area contributed by atoms with E-state index in [0.717, 1.165) is 11.5 Å². The molecule has 124 valence electrons. The quantitative estimate of drug-likeness (QED) is 0.583. The summed E-state index contributed by atoms with van der Waals surface area (Å²) in [6, 6.07) is 0. The topological polar surface area (TPSA) is 55.8 Å². The molecule has 2 aliphatic rings. The largest absolute Gasteiger partial charge is 0.545 e. The zero-order valence-electron chi connectivity index (χ0n) is 14.6. The van der Waals surface area contributed by atoms with Gasteiger partial charge in [0.05, 0.1) is 11.8 Å². The third-order valence-corrected chi connectivity index (χ3v) is 5.48. The van der Waals surface area contributed by atoms with Crippen LogP contribution >= 0.6 is 0 Å². The number of rotatable bonds is 4. The van der Waals surface area contributed by atoms with Crippen molar-refractivity contribution in [2.75, 3.05) is 7.05 Å². The van der Waals surface area contributed by atoms with Gasteiger partial charge < -0.3 is 8.85 Å². The summed E-state index contributed by atoms with van der Waals surface area (Å²) in [5.74, 6) is 0.881. The van der Waals surface area contributed by atoms with E-state index in [1.54, 1.807) is 7.05 Å². The van der Waals surface area contributed by atoms with Crippen molar-refractivity contribution in [2.24, 2.45) is 11.8 Å². The Labute approximate surface area is 134 Å². The fourth-order valence-electron chi connectivity index (χ4n) is 2.97. The monoisotopic (exact) mass is 341 g/mol. The molecule has 0 spiro atoms. The molecule has 0 aromatic rings. The molecule has 0 unspecified atom stereocenters. The van der Waals surface area contributed by atoms with Crippen LogP contribution in [0.5, 0.6) is 0 Å². The molecule has 1 aliphatic carbocycles. The highest BCUT2D eigenvalue weighted by Crippen LogP contribution is 2.42. The number of hydrogen-bond acceptors (Lipinski definition) is 4. The summed E-state index contributed by atoms with van der Waals surface area (Å²) in [5.41, 5.74) is 0. The van der Waals surface area contributed by atoms with Crippen molar-refractivity contribution >= 4 is 28.4 Å². The number of imide groups is 1. The lowest BCUT2D eigenvalue weighted by Crippen LogP contribution is -2.34. The van der Waals surface area contributed by atoms with Gasteiger partial charge in [0.1, 0.15) is 11.5 Å². The van der Waals surface area contributed by atoms with E-state index in [2.05, 4.69) is 39.3 Å². The first-order valence-corrected chi connectivity index (χ1v) is 14.6. The molecule has 0 bridgehead atoms. The zero-order valence-corrected chi connectivity index (χ0v) is 16.6. The number of amides is 2. The van der Waals surface area contributed by atoms with E-state index in [4.69, 9.17) is 8.85 Å². The van der Waals surface area contributed by atoms with Crippen LogP contribution < -0.4 is 0 Å². The van der Waals surface area contributed by atoms with Crippen molar-refractivity contribution in [3.63, 3.8) is 0 Å². The van der Waals surface area contributed by atoms with Crippen molar-refractivity contribution in [1.29, 1.82) is 0 Å². The predicted octanol–water partition coefficient (Wildman–Crippen LogP) is 2.93. The highest BCUT2D eigenvalue weighted by molar-refractivity contribution is 6.70. The van der Waals surface area contributed by atoms with Crippen molar-refractivity contribution in [3.05, 3.63) is 11.5 Å². The molecule has 1 aliphatic heterocycles. The number of likely N-dealkylation sites (tertiary alicyclic amines) is 1. The summed E-state index contributed by atoms with van der Waals surface area (Å²) in [6.45, 7) is 12.7. The van der Waals surface area contributed by atoms with Crippen LogP contribution in [0.15, 0.2) is 11.5 Å². The second-order valence-corrected chi connectivity index (χ2v) is 17.0. The minimum atomic E-state index is -1.79. The first-order valence-electron chi connectivity index (χ1n) is 7.80. The molecule has 7 heteroatoms. The van der Waals surface area contributed by atoms with E-state index in [9.17, 15) is 9.59 Å². The fraction of sp³-hybridized carbons (Fsp3) is 0.733. The second-order valence-electron chi connectivity index (χ2n) is 8.13. The first kappa shape index (κ1) is 17.3. The predicted molar refractivity (Wildman–Crippen MR) is 89.9 cm³/mol. The summed E-state index contributed by atoms with van der Waals surface area (Å²) >= 11 is 0. The minimum Gasteiger partial charge on any atom is -0.545 e. The molecule has 2 rings (SSSR count). The summed E-state index contributed by atoms with van der Waals surface area (Å²) < 4.78 is 12.4. The fourth-order valence-corrected chi connectivity index (χ4v) is 4.85. The van der Waals surface area contributed by atoms with Gasteiger partial charge in [0.2, 0.25) is 28.4 Å². The molecule has 0 N–H and O–H groups in total. The van der Waals surface area contributed by atoms with Gasteiger partial charge in [-0.15, -0.1) is 0 Å². The Morgan fingerprint density at radius 1 is 0.818 bits per heavy atom. The lowest BCUT2D eigenvalue weighted by Gasteiger charge is -2.34. The Hall–Kier alpha value is -1.09. The van der Waals surface area contributed by atoms with Gasteiger partial charge in [-0.1, -0.05) is 0 Å². The lowest BCUT2D eigenvalue weighted by atomic mass is 9.83. The summed E-state index contributed by atoms with van der Waals surface area (Å²) in [6.07, 6.45) is 0.979. The molecule has 0 saturated carbocycles. The Balaban J connectivity index is 2.34. The molecule has 0 radical (unpaired) electrons. The summed E-state index contributed by atoms with van der Waals surface area (Å²) in [7, 11) is -2.02. The van der Waals surface area contributed by atoms with Crippen LogP contribution in [0.1, 0.15) is 12.8 Å². The lowest BCUT2D eigenvalue weighted by molar-refractivity contribution is -0.138. The van der Waals surface area contributed by atoms with E-state index < -0.39 is 16.6 Å². The number of carbonyl (C=O) groups excluding carboxylic acids is 2. The minimum absolute atomic E-state index is 0.0845. The Bertz CT molecular complexity index is 485. The average molecular weight is 342 g/mol. The van der Waals surface area contributed by atoms with Crippen LogP contribution in [-0.4, -0.2) is 40.4 Å². The van der Waals surface area contributed by atoms with Gasteiger partial charge in [0.15, 0.2) is 0 Å². The zero-order chi connectivity index (χ0) is 16.9. The van der Waals surface area contributed by atoms with E-state index in [-0.39, 0.29) is 23.7 Å². The number of allylic oxidation sites excluding steroid dienone is 2. The molecule has 0 aromatic heterocycles. The van der Waals surface area contributed by atoms with Crippen LogP contribution in [-0.2, 0) is 18.4 Å². The maximum atomic E-state index is 12.3. The SMILES string of the molecule is CN1C(=O)[C@H]2CC(O[Si](C)(C)C)=C(O[Si](C)(C)C)C[C@H]2C1=O. The Kier molecular flexibility index (Phi) is 4.34. The number of nitrogens with zero attached hydrogens (tertiary/aromatic N) is 1. The van der Waals surface area contributed by atoms with E-state index >= 15 is 0 Å². The molecular weight excluding hydrogens is 314 g/mol. The van der Waals surface area contributed by atoms with Gasteiger partial charge in [-0.05, 0) is 39.3 Å². The van der Waals surface area contributed by atoms with Crippen LogP contribution in [0.2, 0.25) is 39.3 Å². The van der Waals surface area contributed by atoms with Crippen LogP contribution in [0, 0.1) is 11.8 Å². The third kappa shape index (κ3) is 3.63. The number of carbonyl (C=O) groups is 2. The highest BCUT2D eigenvalue weighted by Gasteiger charge is 2.50. The van der Waals surface area contributed by atoms with Crippen molar-refractivity contribution < 1.29 is 18.4 Å². The van der Waals surface area contributed by atoms with Crippen LogP contribution in [0.4, 0.5) is 0 Å². The van der Waals surface area contributed by atoms with Gasteiger partial charge in [0.25, 0.3) is 0 Å². The summed E-state index contributed by atoms with van der Waals surface area (Å²) in [5, 5.41) is 0. The second kappa shape index (κ2) is 5.52. The van der Waals surface area contributed by atoms with Crippen LogP contribution in [0.25, 0.3) is 0 Å². The van der Waals surface area contributed by atoms with Crippen molar-refractivity contribution in [2.45, 2.75) is 52.1 Å². The maximum Gasteiger partial charge on any atom is 0.241 e.